The lowest BCUT2D eigenvalue weighted by Gasteiger charge is -2.19. The Kier molecular flexibility index (Phi) is 4.19. The van der Waals surface area contributed by atoms with Gasteiger partial charge in [0.2, 0.25) is 0 Å². The highest BCUT2D eigenvalue weighted by atomic mass is 19.4. The van der Waals surface area contributed by atoms with Gasteiger partial charge in [-0.25, -0.2) is 4.79 Å². The molecule has 0 aliphatic carbocycles. The molecule has 1 aromatic heterocycles. The Hall–Kier alpha value is -3.29. The van der Waals surface area contributed by atoms with Crippen molar-refractivity contribution in [3.63, 3.8) is 0 Å². The summed E-state index contributed by atoms with van der Waals surface area (Å²) in [6.07, 6.45) is -4.90. The number of pyridine rings is 1. The van der Waals surface area contributed by atoms with Gasteiger partial charge in [0.05, 0.1) is 18.4 Å². The molecule has 134 valence electrons. The van der Waals surface area contributed by atoms with Gasteiger partial charge < -0.3 is 10.5 Å². The summed E-state index contributed by atoms with van der Waals surface area (Å²) >= 11 is 0. The third-order valence-electron chi connectivity index (χ3n) is 3.95. The Balaban J connectivity index is 2.46. The summed E-state index contributed by atoms with van der Waals surface area (Å²) < 4.78 is 45.8. The largest absolute Gasteiger partial charge is 0.465 e. The molecule has 2 N–H and O–H groups in total. The summed E-state index contributed by atoms with van der Waals surface area (Å²) in [7, 11) is 0.991. The number of hydrogen-bond donors (Lipinski definition) is 1. The second kappa shape index (κ2) is 6.21. The molecule has 0 saturated carbocycles. The zero-order valence-corrected chi connectivity index (χ0v) is 13.5. The molecule has 3 rings (SSSR count). The van der Waals surface area contributed by atoms with Gasteiger partial charge in [-0.3, -0.25) is 9.36 Å². The van der Waals surface area contributed by atoms with E-state index >= 15 is 0 Å². The molecule has 8 heteroatoms. The van der Waals surface area contributed by atoms with Crippen molar-refractivity contribution in [2.24, 2.45) is 0 Å². The summed E-state index contributed by atoms with van der Waals surface area (Å²) in [6, 6.07) is 11.9. The zero-order chi connectivity index (χ0) is 19.1. The van der Waals surface area contributed by atoms with Crippen molar-refractivity contribution in [3.8, 4) is 5.69 Å². The molecule has 0 spiro atoms. The number of hydrogen-bond acceptors (Lipinski definition) is 4. The van der Waals surface area contributed by atoms with Crippen molar-refractivity contribution < 1.29 is 22.7 Å². The maximum Gasteiger partial charge on any atom is 0.431 e. The number of ether oxygens (including phenoxy) is 1. The van der Waals surface area contributed by atoms with Crippen molar-refractivity contribution >= 4 is 22.4 Å². The summed E-state index contributed by atoms with van der Waals surface area (Å²) in [5, 5.41) is 1.09. The monoisotopic (exact) mass is 362 g/mol. The number of nitrogens with two attached hydrogens (primary N) is 1. The quantitative estimate of drug-likeness (QED) is 0.710. The number of nitrogen functional groups attached to an aromatic ring is 1. The van der Waals surface area contributed by atoms with Crippen LogP contribution in [0.15, 0.2) is 53.3 Å². The average Bonchev–Trinajstić information content (AvgIpc) is 2.62. The molecule has 0 unspecified atom stereocenters. The van der Waals surface area contributed by atoms with Crippen LogP contribution in [0.4, 0.5) is 18.9 Å². The van der Waals surface area contributed by atoms with E-state index in [1.165, 1.54) is 12.1 Å². The lowest BCUT2D eigenvalue weighted by Crippen LogP contribution is -2.31. The zero-order valence-electron chi connectivity index (χ0n) is 13.5. The molecule has 0 fully saturated rings. The van der Waals surface area contributed by atoms with E-state index in [0.717, 1.165) is 7.11 Å². The maximum atomic E-state index is 13.6. The van der Waals surface area contributed by atoms with Crippen LogP contribution >= 0.6 is 0 Å². The number of benzene rings is 2. The number of alkyl halides is 3. The van der Waals surface area contributed by atoms with Crippen molar-refractivity contribution in [3.05, 3.63) is 70.1 Å². The average molecular weight is 362 g/mol. The standard InChI is InChI=1S/C18H13F3N2O3/c1-26-17(25)12-9-14(18(19,20)21)23(16(24)15(12)22)13-8-4-6-10-5-2-3-7-11(10)13/h2-9H,22H2,1H3. The number of fused-ring (bicyclic) bond motifs is 1. The minimum absolute atomic E-state index is 0.0172. The molecule has 2 aromatic carbocycles. The van der Waals surface area contributed by atoms with E-state index in [0.29, 0.717) is 21.4 Å². The van der Waals surface area contributed by atoms with Gasteiger partial charge in [-0.1, -0.05) is 36.4 Å². The summed E-state index contributed by atoms with van der Waals surface area (Å²) in [5.74, 6) is -1.12. The number of carbonyl (C=O) groups excluding carboxylic acids is 1. The van der Waals surface area contributed by atoms with E-state index in [2.05, 4.69) is 4.74 Å². The Bertz CT molecular complexity index is 1070. The van der Waals surface area contributed by atoms with Crippen LogP contribution in [0.25, 0.3) is 16.5 Å². The molecule has 0 amide bonds. The highest BCUT2D eigenvalue weighted by molar-refractivity contribution is 5.95. The Morgan fingerprint density at radius 3 is 2.42 bits per heavy atom. The van der Waals surface area contributed by atoms with E-state index in [1.807, 2.05) is 0 Å². The van der Waals surface area contributed by atoms with Gasteiger partial charge in [-0.2, -0.15) is 13.2 Å². The third-order valence-corrected chi connectivity index (χ3v) is 3.95. The summed E-state index contributed by atoms with van der Waals surface area (Å²) in [4.78, 5) is 24.4. The molecule has 0 atom stereocenters. The molecular formula is C18H13F3N2O3. The van der Waals surface area contributed by atoms with Crippen LogP contribution in [0.5, 0.6) is 0 Å². The molecule has 0 bridgehead atoms. The minimum atomic E-state index is -4.90. The molecule has 0 saturated heterocycles. The van der Waals surface area contributed by atoms with Crippen LogP contribution in [0.1, 0.15) is 16.1 Å². The van der Waals surface area contributed by atoms with Crippen LogP contribution in [0, 0.1) is 0 Å². The van der Waals surface area contributed by atoms with Crippen molar-refractivity contribution in [1.82, 2.24) is 4.57 Å². The van der Waals surface area contributed by atoms with Gasteiger partial charge in [0.1, 0.15) is 11.4 Å². The van der Waals surface area contributed by atoms with Gasteiger partial charge >= 0.3 is 12.1 Å². The van der Waals surface area contributed by atoms with E-state index in [1.54, 1.807) is 30.3 Å². The van der Waals surface area contributed by atoms with Gasteiger partial charge in [-0.15, -0.1) is 0 Å². The Morgan fingerprint density at radius 2 is 1.77 bits per heavy atom. The van der Waals surface area contributed by atoms with Crippen LogP contribution < -0.4 is 11.3 Å². The van der Waals surface area contributed by atoms with Crippen molar-refractivity contribution in [2.75, 3.05) is 12.8 Å². The number of methoxy groups -OCH3 is 1. The number of nitrogens with zero attached hydrogens (tertiary/aromatic N) is 1. The normalized spacial score (nSPS) is 11.5. The van der Waals surface area contributed by atoms with Crippen LogP contribution in [-0.2, 0) is 10.9 Å². The second-order valence-electron chi connectivity index (χ2n) is 5.49. The van der Waals surface area contributed by atoms with Gasteiger partial charge in [0.15, 0.2) is 0 Å². The maximum absolute atomic E-state index is 13.6. The fraction of sp³-hybridized carbons (Fsp3) is 0.111. The second-order valence-corrected chi connectivity index (χ2v) is 5.49. The first-order valence-corrected chi connectivity index (χ1v) is 7.45. The molecule has 1 heterocycles. The van der Waals surface area contributed by atoms with E-state index in [-0.39, 0.29) is 5.69 Å². The molecule has 0 aliphatic rings. The summed E-state index contributed by atoms with van der Waals surface area (Å²) in [6.45, 7) is 0. The first-order valence-electron chi connectivity index (χ1n) is 7.45. The lowest BCUT2D eigenvalue weighted by molar-refractivity contribution is -0.142. The predicted molar refractivity (Wildman–Crippen MR) is 90.3 cm³/mol. The molecule has 3 aromatic rings. The molecule has 26 heavy (non-hydrogen) atoms. The topological polar surface area (TPSA) is 74.3 Å². The van der Waals surface area contributed by atoms with E-state index < -0.39 is 34.6 Å². The predicted octanol–water partition coefficient (Wildman–Crippen LogP) is 3.38. The fourth-order valence-electron chi connectivity index (χ4n) is 2.75. The highest BCUT2D eigenvalue weighted by Gasteiger charge is 2.37. The summed E-state index contributed by atoms with van der Waals surface area (Å²) in [5.41, 5.74) is 1.98. The number of anilines is 1. The number of rotatable bonds is 2. The van der Waals surface area contributed by atoms with Crippen molar-refractivity contribution in [2.45, 2.75) is 6.18 Å². The molecular weight excluding hydrogens is 349 g/mol. The van der Waals surface area contributed by atoms with Crippen LogP contribution in [0.3, 0.4) is 0 Å². The van der Waals surface area contributed by atoms with Gasteiger partial charge in [0, 0.05) is 5.39 Å². The third kappa shape index (κ3) is 2.79. The van der Waals surface area contributed by atoms with Crippen molar-refractivity contribution in [1.29, 1.82) is 0 Å². The Labute approximate surface area is 145 Å². The minimum Gasteiger partial charge on any atom is -0.465 e. The van der Waals surface area contributed by atoms with E-state index in [9.17, 15) is 22.8 Å². The molecule has 0 radical (unpaired) electrons. The highest BCUT2D eigenvalue weighted by Crippen LogP contribution is 2.33. The number of halogens is 3. The lowest BCUT2D eigenvalue weighted by atomic mass is 10.1. The molecule has 0 aliphatic heterocycles. The first-order chi connectivity index (χ1) is 12.3. The number of esters is 1. The van der Waals surface area contributed by atoms with Gasteiger partial charge in [0.25, 0.3) is 5.56 Å². The number of carbonyl (C=O) groups is 1. The SMILES string of the molecule is COC(=O)c1cc(C(F)(F)F)n(-c2cccc3ccccc23)c(=O)c1N. The van der Waals surface area contributed by atoms with E-state index in [4.69, 9.17) is 5.73 Å². The van der Waals surface area contributed by atoms with Crippen LogP contribution in [0.2, 0.25) is 0 Å². The fourth-order valence-corrected chi connectivity index (χ4v) is 2.75. The smallest absolute Gasteiger partial charge is 0.431 e. The number of aromatic nitrogens is 1. The van der Waals surface area contributed by atoms with Gasteiger partial charge in [-0.05, 0) is 17.5 Å². The first kappa shape index (κ1) is 17.5. The molecule has 5 nitrogen and oxygen atoms in total. The van der Waals surface area contributed by atoms with Crippen LogP contribution in [-0.4, -0.2) is 17.6 Å². The Morgan fingerprint density at radius 1 is 1.12 bits per heavy atom.